The Labute approximate surface area is 243 Å². The number of rotatable bonds is 9. The second kappa shape index (κ2) is 12.6. The van der Waals surface area contributed by atoms with Crippen molar-refractivity contribution in [3.8, 4) is 17.2 Å². The van der Waals surface area contributed by atoms with Gasteiger partial charge in [-0.3, -0.25) is 4.79 Å². The van der Waals surface area contributed by atoms with Crippen LogP contribution in [0, 0.1) is 6.92 Å². The summed E-state index contributed by atoms with van der Waals surface area (Å²) >= 11 is 0. The highest BCUT2D eigenvalue weighted by Crippen LogP contribution is 2.37. The number of esters is 1. The third-order valence-electron chi connectivity index (χ3n) is 6.83. The molecule has 2 unspecified atom stereocenters. The number of aryl methyl sites for hydroxylation is 1. The normalized spacial score (nSPS) is 17.4. The van der Waals surface area contributed by atoms with Crippen molar-refractivity contribution in [1.29, 1.82) is 0 Å². The molecule has 1 heterocycles. The monoisotopic (exact) mass is 607 g/mol. The summed E-state index contributed by atoms with van der Waals surface area (Å²) in [4.78, 5) is 12.7. The van der Waals surface area contributed by atoms with Crippen LogP contribution in [0.4, 0.5) is 13.2 Å². The lowest BCUT2D eigenvalue weighted by atomic mass is 9.86. The number of hydrogen-bond acceptors (Lipinski definition) is 7. The topological polar surface area (TPSA) is 91.4 Å². The Kier molecular flexibility index (Phi) is 9.37. The fraction of sp³-hybridized carbons (Fsp3) is 0.367. The minimum atomic E-state index is -4.94. The van der Waals surface area contributed by atoms with E-state index in [2.05, 4.69) is 4.74 Å². The number of carbonyl (C=O) groups is 1. The van der Waals surface area contributed by atoms with Crippen LogP contribution >= 0.6 is 0 Å². The number of fused-ring (bicyclic) bond motifs is 1. The van der Waals surface area contributed by atoms with Gasteiger partial charge in [0.25, 0.3) is 0 Å². The van der Waals surface area contributed by atoms with Crippen LogP contribution in [0.3, 0.4) is 0 Å². The summed E-state index contributed by atoms with van der Waals surface area (Å²) in [7, 11) is -2.61. The molecule has 0 spiro atoms. The fourth-order valence-electron chi connectivity index (χ4n) is 4.88. The van der Waals surface area contributed by atoms with Crippen LogP contribution in [0.2, 0.25) is 0 Å². The Morgan fingerprint density at radius 3 is 2.48 bits per heavy atom. The summed E-state index contributed by atoms with van der Waals surface area (Å²) in [5, 5.41) is 0. The van der Waals surface area contributed by atoms with Crippen molar-refractivity contribution >= 4 is 16.0 Å². The number of benzene rings is 3. The zero-order valence-electron chi connectivity index (χ0n) is 23.6. The number of para-hydroxylation sites is 1. The van der Waals surface area contributed by atoms with Crippen LogP contribution in [0.5, 0.6) is 17.2 Å². The van der Waals surface area contributed by atoms with E-state index in [1.54, 1.807) is 50.2 Å². The molecule has 4 rings (SSSR count). The minimum absolute atomic E-state index is 0.0106. The molecule has 2 atom stereocenters. The molecule has 3 aromatic rings. The van der Waals surface area contributed by atoms with Gasteiger partial charge in [0.2, 0.25) is 10.0 Å². The standard InChI is InChI=1S/C30H32F3NO7S/c1-5-39-29(35)16-26(22-13-24(38-4)15-25(14-22)41-30(31,32)33)21-11-10-19(2)23(12-21)18-34-17-20(3)40-27-8-6-7-9-28(27)42(34,36)37/h6-15,20,26H,5,16-18H2,1-4H3. The number of carbonyl (C=O) groups excluding carboxylic acids is 1. The molecule has 12 heteroatoms. The number of hydrogen-bond donors (Lipinski definition) is 0. The third-order valence-corrected chi connectivity index (χ3v) is 8.68. The van der Waals surface area contributed by atoms with Crippen LogP contribution in [0.1, 0.15) is 48.4 Å². The highest BCUT2D eigenvalue weighted by molar-refractivity contribution is 7.89. The van der Waals surface area contributed by atoms with Gasteiger partial charge in [-0.2, -0.15) is 4.31 Å². The van der Waals surface area contributed by atoms with E-state index in [-0.39, 0.29) is 42.5 Å². The molecule has 0 saturated heterocycles. The first kappa shape index (κ1) is 31.2. The molecule has 0 aromatic heterocycles. The van der Waals surface area contributed by atoms with E-state index >= 15 is 0 Å². The van der Waals surface area contributed by atoms with E-state index in [4.69, 9.17) is 14.2 Å². The highest BCUT2D eigenvalue weighted by atomic mass is 32.2. The van der Waals surface area contributed by atoms with Gasteiger partial charge in [-0.1, -0.05) is 30.3 Å². The predicted octanol–water partition coefficient (Wildman–Crippen LogP) is 5.96. The zero-order valence-corrected chi connectivity index (χ0v) is 24.4. The lowest BCUT2D eigenvalue weighted by Crippen LogP contribution is -2.35. The number of methoxy groups -OCH3 is 1. The first-order chi connectivity index (χ1) is 19.8. The van der Waals surface area contributed by atoms with Gasteiger partial charge in [-0.15, -0.1) is 13.2 Å². The average Bonchev–Trinajstić information content (AvgIpc) is 3.00. The average molecular weight is 608 g/mol. The summed E-state index contributed by atoms with van der Waals surface area (Å²) in [5.41, 5.74) is 2.36. The molecule has 42 heavy (non-hydrogen) atoms. The van der Waals surface area contributed by atoms with E-state index < -0.39 is 40.1 Å². The molecule has 0 aliphatic carbocycles. The molecule has 0 radical (unpaired) electrons. The second-order valence-electron chi connectivity index (χ2n) is 9.91. The number of alkyl halides is 3. The predicted molar refractivity (Wildman–Crippen MR) is 148 cm³/mol. The fourth-order valence-corrected chi connectivity index (χ4v) is 6.49. The van der Waals surface area contributed by atoms with E-state index in [0.717, 1.165) is 11.6 Å². The third kappa shape index (κ3) is 7.35. The molecule has 226 valence electrons. The number of nitrogens with zero attached hydrogens (tertiary/aromatic N) is 1. The lowest BCUT2D eigenvalue weighted by Gasteiger charge is -2.24. The van der Waals surface area contributed by atoms with E-state index in [0.29, 0.717) is 16.7 Å². The second-order valence-corrected chi connectivity index (χ2v) is 11.8. The van der Waals surface area contributed by atoms with Crippen molar-refractivity contribution in [2.24, 2.45) is 0 Å². The Morgan fingerprint density at radius 1 is 1.07 bits per heavy atom. The maximum atomic E-state index is 13.6. The summed E-state index contributed by atoms with van der Waals surface area (Å²) in [6.45, 7) is 5.50. The smallest absolute Gasteiger partial charge is 0.497 e. The van der Waals surface area contributed by atoms with E-state index in [1.807, 2.05) is 6.92 Å². The van der Waals surface area contributed by atoms with Gasteiger partial charge in [-0.25, -0.2) is 8.42 Å². The van der Waals surface area contributed by atoms with Crippen molar-refractivity contribution in [3.63, 3.8) is 0 Å². The number of halogens is 3. The molecule has 0 N–H and O–H groups in total. The Bertz CT molecular complexity index is 1540. The highest BCUT2D eigenvalue weighted by Gasteiger charge is 2.34. The SMILES string of the molecule is CCOC(=O)CC(c1cc(OC)cc(OC(F)(F)F)c1)c1ccc(C)c(CN2CC(C)Oc3ccccc3S2(=O)=O)c1. The molecule has 3 aromatic carbocycles. The molecule has 0 bridgehead atoms. The minimum Gasteiger partial charge on any atom is -0.497 e. The van der Waals surface area contributed by atoms with Crippen molar-refractivity contribution in [2.45, 2.75) is 57.0 Å². The summed E-state index contributed by atoms with van der Waals surface area (Å²) in [6.07, 6.45) is -5.54. The Balaban J connectivity index is 1.76. The Hall–Kier alpha value is -3.77. The Morgan fingerprint density at radius 2 is 1.79 bits per heavy atom. The molecular formula is C30H32F3NO7S. The van der Waals surface area contributed by atoms with Crippen molar-refractivity contribution in [2.75, 3.05) is 20.3 Å². The maximum Gasteiger partial charge on any atom is 0.573 e. The molecule has 1 aliphatic heterocycles. The first-order valence-electron chi connectivity index (χ1n) is 13.3. The van der Waals surface area contributed by atoms with Gasteiger partial charge in [0.15, 0.2) is 0 Å². The molecule has 8 nitrogen and oxygen atoms in total. The van der Waals surface area contributed by atoms with Crippen LogP contribution in [-0.4, -0.2) is 51.4 Å². The summed E-state index contributed by atoms with van der Waals surface area (Å²) in [5.74, 6) is -1.42. The van der Waals surface area contributed by atoms with Crippen molar-refractivity contribution in [3.05, 3.63) is 82.9 Å². The van der Waals surface area contributed by atoms with Gasteiger partial charge in [-0.05, 0) is 67.3 Å². The number of sulfonamides is 1. The zero-order chi connectivity index (χ0) is 30.7. The van der Waals surface area contributed by atoms with Crippen molar-refractivity contribution in [1.82, 2.24) is 4.31 Å². The van der Waals surface area contributed by atoms with Gasteiger partial charge >= 0.3 is 12.3 Å². The molecule has 0 amide bonds. The molecule has 1 aliphatic rings. The number of ether oxygens (including phenoxy) is 4. The van der Waals surface area contributed by atoms with E-state index in [9.17, 15) is 26.4 Å². The van der Waals surface area contributed by atoms with Crippen molar-refractivity contribution < 1.29 is 45.3 Å². The molecule has 0 saturated carbocycles. The summed E-state index contributed by atoms with van der Waals surface area (Å²) in [6, 6.07) is 15.6. The van der Waals surface area contributed by atoms with Crippen LogP contribution < -0.4 is 14.2 Å². The van der Waals surface area contributed by atoms with Gasteiger partial charge in [0.05, 0.1) is 26.7 Å². The largest absolute Gasteiger partial charge is 0.573 e. The van der Waals surface area contributed by atoms with Crippen LogP contribution in [0.15, 0.2) is 65.6 Å². The van der Waals surface area contributed by atoms with Crippen LogP contribution in [-0.2, 0) is 26.1 Å². The quantitative estimate of drug-likeness (QED) is 0.277. The maximum absolute atomic E-state index is 13.6. The lowest BCUT2D eigenvalue weighted by molar-refractivity contribution is -0.274. The molecular weight excluding hydrogens is 575 g/mol. The van der Waals surface area contributed by atoms with Crippen LogP contribution in [0.25, 0.3) is 0 Å². The van der Waals surface area contributed by atoms with Gasteiger partial charge in [0.1, 0.15) is 28.2 Å². The first-order valence-corrected chi connectivity index (χ1v) is 14.7. The van der Waals surface area contributed by atoms with Gasteiger partial charge in [0, 0.05) is 18.5 Å². The molecule has 0 fully saturated rings. The van der Waals surface area contributed by atoms with Gasteiger partial charge < -0.3 is 18.9 Å². The van der Waals surface area contributed by atoms with E-state index in [1.165, 1.54) is 29.6 Å². The summed E-state index contributed by atoms with van der Waals surface area (Å²) < 4.78 is 88.2.